The molecule has 0 aliphatic carbocycles. The van der Waals surface area contributed by atoms with Gasteiger partial charge in [0.15, 0.2) is 5.82 Å². The van der Waals surface area contributed by atoms with Crippen LogP contribution in [0.5, 0.6) is 0 Å². The quantitative estimate of drug-likeness (QED) is 0.554. The van der Waals surface area contributed by atoms with Crippen molar-refractivity contribution >= 4 is 21.8 Å². The minimum Gasteiger partial charge on any atom is -0.338 e. The number of hydrogen-bond donors (Lipinski definition) is 0. The Labute approximate surface area is 151 Å². The van der Waals surface area contributed by atoms with E-state index < -0.39 is 0 Å². The van der Waals surface area contributed by atoms with Gasteiger partial charge in [0, 0.05) is 24.0 Å². The van der Waals surface area contributed by atoms with Gasteiger partial charge in [0.1, 0.15) is 0 Å². The van der Waals surface area contributed by atoms with Gasteiger partial charge in [-0.2, -0.15) is 0 Å². The molecular weight excluding hydrogens is 322 g/mol. The van der Waals surface area contributed by atoms with E-state index in [1.165, 1.54) is 16.5 Å². The number of fused-ring (bicyclic) bond motifs is 6. The standard InChI is InChI=1S/C22H21N3O/c1-2-3-13-24-19-11-7-5-8-15(19)16-12-14-25-21(20(16)24)23-18-10-6-4-9-17(18)22(25)26/h4-11H,2-3,12-14H2,1H3. The average Bonchev–Trinajstić information content (AvgIpc) is 3.01. The molecule has 5 rings (SSSR count). The van der Waals surface area contributed by atoms with Crippen molar-refractivity contribution in [1.82, 2.24) is 14.1 Å². The molecule has 0 fully saturated rings. The Balaban J connectivity index is 1.88. The molecule has 1 aliphatic rings. The molecule has 0 bridgehead atoms. The Hall–Kier alpha value is -2.88. The number of benzene rings is 2. The lowest BCUT2D eigenvalue weighted by Gasteiger charge is -2.21. The van der Waals surface area contributed by atoms with Crippen molar-refractivity contribution in [3.63, 3.8) is 0 Å². The van der Waals surface area contributed by atoms with Crippen LogP contribution >= 0.6 is 0 Å². The lowest BCUT2D eigenvalue weighted by molar-refractivity contribution is 0.615. The molecule has 4 nitrogen and oxygen atoms in total. The Morgan fingerprint density at radius 2 is 1.81 bits per heavy atom. The molecular formula is C22H21N3O. The highest BCUT2D eigenvalue weighted by molar-refractivity contribution is 5.92. The van der Waals surface area contributed by atoms with Crippen molar-refractivity contribution in [2.75, 3.05) is 0 Å². The molecule has 0 spiro atoms. The highest BCUT2D eigenvalue weighted by Crippen LogP contribution is 2.36. The summed E-state index contributed by atoms with van der Waals surface area (Å²) < 4.78 is 4.24. The van der Waals surface area contributed by atoms with Crippen molar-refractivity contribution in [3.8, 4) is 11.5 Å². The predicted molar refractivity (Wildman–Crippen MR) is 106 cm³/mol. The summed E-state index contributed by atoms with van der Waals surface area (Å²) in [7, 11) is 0. The fourth-order valence-corrected chi connectivity index (χ4v) is 4.21. The normalized spacial score (nSPS) is 13.1. The third kappa shape index (κ3) is 2.08. The van der Waals surface area contributed by atoms with Crippen LogP contribution in [0.1, 0.15) is 25.3 Å². The number of unbranched alkanes of at least 4 members (excludes halogenated alkanes) is 1. The van der Waals surface area contributed by atoms with Crippen LogP contribution in [0.3, 0.4) is 0 Å². The fraction of sp³-hybridized carbons (Fsp3) is 0.273. The molecule has 26 heavy (non-hydrogen) atoms. The number of aryl methyl sites for hydroxylation is 2. The first-order valence-corrected chi connectivity index (χ1v) is 9.39. The second-order valence-electron chi connectivity index (χ2n) is 7.01. The highest BCUT2D eigenvalue weighted by Gasteiger charge is 2.26. The Morgan fingerprint density at radius 1 is 1.04 bits per heavy atom. The Kier molecular flexibility index (Phi) is 3.45. The van der Waals surface area contributed by atoms with Gasteiger partial charge >= 0.3 is 0 Å². The van der Waals surface area contributed by atoms with E-state index >= 15 is 0 Å². The van der Waals surface area contributed by atoms with Crippen LogP contribution in [0.2, 0.25) is 0 Å². The monoisotopic (exact) mass is 343 g/mol. The van der Waals surface area contributed by atoms with E-state index in [4.69, 9.17) is 4.98 Å². The van der Waals surface area contributed by atoms with E-state index in [-0.39, 0.29) is 5.56 Å². The van der Waals surface area contributed by atoms with Crippen LogP contribution in [0.15, 0.2) is 53.3 Å². The first-order valence-electron chi connectivity index (χ1n) is 9.39. The molecule has 0 atom stereocenters. The van der Waals surface area contributed by atoms with Crippen LogP contribution in [0.4, 0.5) is 0 Å². The molecule has 0 saturated carbocycles. The highest BCUT2D eigenvalue weighted by atomic mass is 16.1. The van der Waals surface area contributed by atoms with Crippen LogP contribution in [-0.2, 0) is 19.5 Å². The second-order valence-corrected chi connectivity index (χ2v) is 7.01. The van der Waals surface area contributed by atoms with E-state index in [1.54, 1.807) is 0 Å². The lowest BCUT2D eigenvalue weighted by Crippen LogP contribution is -2.28. The van der Waals surface area contributed by atoms with Gasteiger partial charge in [-0.05, 0) is 36.6 Å². The number of para-hydroxylation sites is 2. The Morgan fingerprint density at radius 3 is 2.65 bits per heavy atom. The first kappa shape index (κ1) is 15.4. The summed E-state index contributed by atoms with van der Waals surface area (Å²) in [5.41, 5.74) is 4.57. The Bertz CT molecular complexity index is 1200. The molecule has 0 unspecified atom stereocenters. The minimum atomic E-state index is 0.0727. The van der Waals surface area contributed by atoms with Crippen LogP contribution in [-0.4, -0.2) is 14.1 Å². The molecule has 2 aromatic heterocycles. The van der Waals surface area contributed by atoms with Crippen LogP contribution < -0.4 is 5.56 Å². The van der Waals surface area contributed by atoms with Gasteiger partial charge in [-0.15, -0.1) is 0 Å². The smallest absolute Gasteiger partial charge is 0.261 e. The number of nitrogens with zero attached hydrogens (tertiary/aromatic N) is 3. The number of rotatable bonds is 3. The maximum Gasteiger partial charge on any atom is 0.261 e. The van der Waals surface area contributed by atoms with Gasteiger partial charge in [0.05, 0.1) is 16.6 Å². The van der Waals surface area contributed by atoms with Gasteiger partial charge < -0.3 is 4.57 Å². The SMILES string of the molecule is CCCCn1c2c(c3ccccc31)CCn1c-2nc2ccccc2c1=O. The summed E-state index contributed by atoms with van der Waals surface area (Å²) in [5, 5.41) is 2.00. The number of aromatic nitrogens is 3. The molecule has 0 amide bonds. The van der Waals surface area contributed by atoms with Gasteiger partial charge in [0.2, 0.25) is 0 Å². The molecule has 0 N–H and O–H groups in total. The van der Waals surface area contributed by atoms with Crippen molar-refractivity contribution in [1.29, 1.82) is 0 Å². The van der Waals surface area contributed by atoms with Crippen molar-refractivity contribution in [3.05, 3.63) is 64.4 Å². The minimum absolute atomic E-state index is 0.0727. The van der Waals surface area contributed by atoms with Gasteiger partial charge in [0.25, 0.3) is 5.56 Å². The molecule has 3 heterocycles. The van der Waals surface area contributed by atoms with Crippen molar-refractivity contribution in [2.45, 2.75) is 39.3 Å². The average molecular weight is 343 g/mol. The van der Waals surface area contributed by atoms with E-state index in [9.17, 15) is 4.79 Å². The molecule has 1 aliphatic heterocycles. The lowest BCUT2D eigenvalue weighted by atomic mass is 10.0. The maximum absolute atomic E-state index is 13.0. The number of hydrogen-bond acceptors (Lipinski definition) is 2. The van der Waals surface area contributed by atoms with Gasteiger partial charge in [-0.1, -0.05) is 43.7 Å². The molecule has 4 aromatic rings. The van der Waals surface area contributed by atoms with E-state index in [0.29, 0.717) is 11.9 Å². The molecule has 0 saturated heterocycles. The summed E-state index contributed by atoms with van der Waals surface area (Å²) >= 11 is 0. The van der Waals surface area contributed by atoms with E-state index in [1.807, 2.05) is 28.8 Å². The van der Waals surface area contributed by atoms with Gasteiger partial charge in [-0.3, -0.25) is 9.36 Å². The van der Waals surface area contributed by atoms with Crippen LogP contribution in [0.25, 0.3) is 33.3 Å². The third-order valence-electron chi connectivity index (χ3n) is 5.47. The second kappa shape index (κ2) is 5.84. The summed E-state index contributed by atoms with van der Waals surface area (Å²) in [5.74, 6) is 0.822. The summed E-state index contributed by atoms with van der Waals surface area (Å²) in [4.78, 5) is 18.0. The zero-order valence-electron chi connectivity index (χ0n) is 14.9. The molecule has 2 aromatic carbocycles. The zero-order valence-corrected chi connectivity index (χ0v) is 14.9. The first-order chi connectivity index (χ1) is 12.8. The van der Waals surface area contributed by atoms with Crippen LogP contribution in [0, 0.1) is 0 Å². The topological polar surface area (TPSA) is 39.8 Å². The zero-order chi connectivity index (χ0) is 17.7. The third-order valence-corrected chi connectivity index (χ3v) is 5.47. The van der Waals surface area contributed by atoms with E-state index in [0.717, 1.165) is 42.8 Å². The maximum atomic E-state index is 13.0. The predicted octanol–water partition coefficient (Wildman–Crippen LogP) is 4.37. The molecule has 130 valence electrons. The fourth-order valence-electron chi connectivity index (χ4n) is 4.21. The van der Waals surface area contributed by atoms with Crippen molar-refractivity contribution in [2.24, 2.45) is 0 Å². The summed E-state index contributed by atoms with van der Waals surface area (Å²) in [6.07, 6.45) is 3.13. The summed E-state index contributed by atoms with van der Waals surface area (Å²) in [6.45, 7) is 3.86. The molecule has 0 radical (unpaired) electrons. The van der Waals surface area contributed by atoms with Crippen molar-refractivity contribution < 1.29 is 0 Å². The summed E-state index contributed by atoms with van der Waals surface area (Å²) in [6, 6.07) is 16.2. The molecule has 4 heteroatoms. The largest absolute Gasteiger partial charge is 0.338 e. The van der Waals surface area contributed by atoms with E-state index in [2.05, 4.69) is 35.8 Å². The van der Waals surface area contributed by atoms with Gasteiger partial charge in [-0.25, -0.2) is 4.98 Å².